The Labute approximate surface area is 204 Å². The highest BCUT2D eigenvalue weighted by Crippen LogP contribution is 2.57. The number of fused-ring (bicyclic) bond motifs is 3. The maximum atomic E-state index is 13.7. The number of likely N-dealkylation sites (tertiary alicyclic amines) is 1. The average molecular weight is 490 g/mol. The normalized spacial score (nSPS) is 24.4. The van der Waals surface area contributed by atoms with Crippen molar-refractivity contribution in [3.8, 4) is 0 Å². The van der Waals surface area contributed by atoms with E-state index in [1.807, 2.05) is 0 Å². The quantitative estimate of drug-likeness (QED) is 0.407. The van der Waals surface area contributed by atoms with Crippen LogP contribution in [-0.2, 0) is 20.9 Å². The summed E-state index contributed by atoms with van der Waals surface area (Å²) in [5.74, 6) is -5.38. The molecule has 8 heteroatoms. The minimum Gasteiger partial charge on any atom is -0.349 e. The number of carbonyl (C=O) groups excluding carboxylic acids is 4. The van der Waals surface area contributed by atoms with E-state index in [-0.39, 0.29) is 17.7 Å². The lowest BCUT2D eigenvalue weighted by molar-refractivity contribution is -0.145. The minimum atomic E-state index is -2.14. The van der Waals surface area contributed by atoms with Gasteiger partial charge in [-0.15, -0.1) is 0 Å². The van der Waals surface area contributed by atoms with Gasteiger partial charge in [-0.25, -0.2) is 4.39 Å². The van der Waals surface area contributed by atoms with Crippen molar-refractivity contribution < 1.29 is 28.3 Å². The summed E-state index contributed by atoms with van der Waals surface area (Å²) in [7, 11) is 0. The molecule has 35 heavy (non-hydrogen) atoms. The number of Topliss-reactive ketones (excluding diaryl/α,β-unsaturated/α-hetero) is 2. The molecule has 2 fully saturated rings. The van der Waals surface area contributed by atoms with E-state index in [0.717, 1.165) is 4.90 Å². The molecule has 174 valence electrons. The zero-order chi connectivity index (χ0) is 24.5. The summed E-state index contributed by atoms with van der Waals surface area (Å²) < 4.78 is 19.8. The van der Waals surface area contributed by atoms with Crippen molar-refractivity contribution in [2.24, 2.45) is 11.8 Å². The molecule has 3 aromatic rings. The Kier molecular flexibility index (Phi) is 4.78. The molecule has 3 aliphatic rings. The topological polar surface area (TPSA) is 80.8 Å². The van der Waals surface area contributed by atoms with Gasteiger partial charge in [0.1, 0.15) is 5.82 Å². The molecule has 2 saturated heterocycles. The van der Waals surface area contributed by atoms with Crippen LogP contribution in [0.15, 0.2) is 72.8 Å². The molecule has 6 rings (SSSR count). The Morgan fingerprint density at radius 3 is 2.03 bits per heavy atom. The van der Waals surface area contributed by atoms with Crippen molar-refractivity contribution in [2.75, 3.05) is 0 Å². The molecule has 0 radical (unpaired) electrons. The maximum absolute atomic E-state index is 13.7. The third-order valence-corrected chi connectivity index (χ3v) is 7.31. The number of ether oxygens (including phenoxy) is 1. The average Bonchev–Trinajstić information content (AvgIpc) is 3.42. The van der Waals surface area contributed by atoms with Crippen molar-refractivity contribution in [1.29, 1.82) is 0 Å². The van der Waals surface area contributed by atoms with Gasteiger partial charge in [-0.05, 0) is 35.4 Å². The standard InChI is InChI=1S/C27H17ClFNO5/c28-16-9-5-14(6-10-16)13-30-25(33)20-21(26(30)34)27(35-22(20)15-7-11-17(29)12-8-15)23(31)18-3-1-2-4-19(18)24(27)32/h1-12,20-22H,13H2/t20-,21-,22-/m0/s1. The molecule has 2 amide bonds. The first kappa shape index (κ1) is 21.8. The van der Waals surface area contributed by atoms with Crippen LogP contribution in [0.1, 0.15) is 37.9 Å². The second kappa shape index (κ2) is 7.66. The van der Waals surface area contributed by atoms with E-state index in [0.29, 0.717) is 16.1 Å². The second-order valence-corrected chi connectivity index (χ2v) is 9.36. The third-order valence-electron chi connectivity index (χ3n) is 7.06. The smallest absolute Gasteiger partial charge is 0.237 e. The van der Waals surface area contributed by atoms with Crippen molar-refractivity contribution in [2.45, 2.75) is 18.2 Å². The first-order chi connectivity index (χ1) is 16.8. The van der Waals surface area contributed by atoms with Crippen LogP contribution in [0.4, 0.5) is 4.39 Å². The summed E-state index contributed by atoms with van der Waals surface area (Å²) in [6, 6.07) is 18.3. The van der Waals surface area contributed by atoms with E-state index in [1.54, 1.807) is 36.4 Å². The number of halogens is 2. The summed E-state index contributed by atoms with van der Waals surface area (Å²) in [5.41, 5.74) is -0.754. The maximum Gasteiger partial charge on any atom is 0.237 e. The molecule has 0 N–H and O–H groups in total. The molecule has 2 aliphatic heterocycles. The lowest BCUT2D eigenvalue weighted by Gasteiger charge is -2.27. The fourth-order valence-corrected chi connectivity index (χ4v) is 5.58. The Bertz CT molecular complexity index is 1380. The number of amides is 2. The lowest BCUT2D eigenvalue weighted by Crippen LogP contribution is -2.50. The van der Waals surface area contributed by atoms with Gasteiger partial charge in [0.25, 0.3) is 0 Å². The molecule has 2 heterocycles. The Hall–Kier alpha value is -3.68. The van der Waals surface area contributed by atoms with Crippen molar-refractivity contribution in [1.82, 2.24) is 4.90 Å². The van der Waals surface area contributed by atoms with E-state index in [2.05, 4.69) is 0 Å². The summed E-state index contributed by atoms with van der Waals surface area (Å²) in [5, 5.41) is 0.508. The van der Waals surface area contributed by atoms with Gasteiger partial charge in [-0.2, -0.15) is 0 Å². The zero-order valence-electron chi connectivity index (χ0n) is 18.1. The van der Waals surface area contributed by atoms with Gasteiger partial charge in [-0.1, -0.05) is 60.1 Å². The summed E-state index contributed by atoms with van der Waals surface area (Å²) >= 11 is 5.95. The Morgan fingerprint density at radius 2 is 1.43 bits per heavy atom. The lowest BCUT2D eigenvalue weighted by atomic mass is 9.77. The van der Waals surface area contributed by atoms with Crippen LogP contribution in [0.2, 0.25) is 5.02 Å². The van der Waals surface area contributed by atoms with Gasteiger partial charge >= 0.3 is 0 Å². The molecule has 0 bridgehead atoms. The largest absolute Gasteiger partial charge is 0.349 e. The van der Waals surface area contributed by atoms with Gasteiger partial charge in [0, 0.05) is 16.1 Å². The van der Waals surface area contributed by atoms with Crippen LogP contribution in [0.3, 0.4) is 0 Å². The summed E-state index contributed by atoms with van der Waals surface area (Å²) in [6.45, 7) is -0.0383. The fraction of sp³-hybridized carbons (Fsp3) is 0.185. The first-order valence-corrected chi connectivity index (χ1v) is 11.4. The summed E-state index contributed by atoms with van der Waals surface area (Å²) in [4.78, 5) is 55.8. The van der Waals surface area contributed by atoms with Crippen molar-refractivity contribution in [3.63, 3.8) is 0 Å². The molecule has 6 nitrogen and oxygen atoms in total. The number of carbonyl (C=O) groups is 4. The van der Waals surface area contributed by atoms with Gasteiger partial charge in [-0.3, -0.25) is 24.1 Å². The fourth-order valence-electron chi connectivity index (χ4n) is 5.46. The molecule has 0 unspecified atom stereocenters. The minimum absolute atomic E-state index is 0.0383. The number of ketones is 2. The first-order valence-electron chi connectivity index (χ1n) is 11.0. The summed E-state index contributed by atoms with van der Waals surface area (Å²) in [6.07, 6.45) is -1.07. The highest BCUT2D eigenvalue weighted by atomic mass is 35.5. The van der Waals surface area contributed by atoms with E-state index in [9.17, 15) is 23.6 Å². The molecule has 3 aromatic carbocycles. The number of rotatable bonds is 3. The van der Waals surface area contributed by atoms with Crippen LogP contribution < -0.4 is 0 Å². The molecule has 3 atom stereocenters. The third kappa shape index (κ3) is 2.98. The number of imide groups is 1. The molecule has 1 aliphatic carbocycles. The number of benzene rings is 3. The van der Waals surface area contributed by atoms with E-state index in [1.165, 1.54) is 36.4 Å². The zero-order valence-corrected chi connectivity index (χ0v) is 18.9. The van der Waals surface area contributed by atoms with Gasteiger partial charge in [0.05, 0.1) is 24.5 Å². The van der Waals surface area contributed by atoms with Crippen LogP contribution in [0.5, 0.6) is 0 Å². The SMILES string of the molecule is O=C1[C@H]2[C@@H](C(=O)N1Cc1ccc(Cl)cc1)C1(O[C@H]2c2ccc(F)cc2)C(=O)c2ccccc2C1=O. The molecule has 0 saturated carbocycles. The molecule has 0 aromatic heterocycles. The van der Waals surface area contributed by atoms with Gasteiger partial charge < -0.3 is 4.74 Å². The number of hydrogen-bond acceptors (Lipinski definition) is 5. The molecular formula is C27H17ClFNO5. The second-order valence-electron chi connectivity index (χ2n) is 8.92. The van der Waals surface area contributed by atoms with E-state index in [4.69, 9.17) is 16.3 Å². The van der Waals surface area contributed by atoms with Crippen LogP contribution in [-0.4, -0.2) is 33.9 Å². The number of nitrogens with zero attached hydrogens (tertiary/aromatic N) is 1. The van der Waals surface area contributed by atoms with E-state index >= 15 is 0 Å². The predicted molar refractivity (Wildman–Crippen MR) is 122 cm³/mol. The highest BCUT2D eigenvalue weighted by Gasteiger charge is 2.74. The van der Waals surface area contributed by atoms with Gasteiger partial charge in [0.2, 0.25) is 29.0 Å². The van der Waals surface area contributed by atoms with Crippen LogP contribution in [0, 0.1) is 17.7 Å². The van der Waals surface area contributed by atoms with Crippen LogP contribution >= 0.6 is 11.6 Å². The predicted octanol–water partition coefficient (Wildman–Crippen LogP) is 4.17. The molecular weight excluding hydrogens is 473 g/mol. The molecule has 1 spiro atoms. The monoisotopic (exact) mass is 489 g/mol. The van der Waals surface area contributed by atoms with Crippen molar-refractivity contribution >= 4 is 35.0 Å². The van der Waals surface area contributed by atoms with Gasteiger partial charge in [0.15, 0.2) is 0 Å². The van der Waals surface area contributed by atoms with Crippen LogP contribution in [0.25, 0.3) is 0 Å². The van der Waals surface area contributed by atoms with E-state index < -0.39 is 52.7 Å². The Balaban J connectivity index is 1.48. The highest BCUT2D eigenvalue weighted by molar-refractivity contribution is 6.35. The number of hydrogen-bond donors (Lipinski definition) is 0. The van der Waals surface area contributed by atoms with Crippen molar-refractivity contribution in [3.05, 3.63) is 106 Å². The Morgan fingerprint density at radius 1 is 0.829 bits per heavy atom.